The highest BCUT2D eigenvalue weighted by molar-refractivity contribution is 6.32. The van der Waals surface area contributed by atoms with E-state index in [0.717, 1.165) is 22.8 Å². The molecule has 16 heavy (non-hydrogen) atoms. The lowest BCUT2D eigenvalue weighted by Gasteiger charge is -2.04. The second-order valence-electron chi connectivity index (χ2n) is 3.65. The van der Waals surface area contributed by atoms with E-state index >= 15 is 0 Å². The molecule has 0 spiro atoms. The van der Waals surface area contributed by atoms with E-state index in [-0.39, 0.29) is 0 Å². The van der Waals surface area contributed by atoms with Crippen molar-refractivity contribution in [1.82, 2.24) is 9.97 Å². The van der Waals surface area contributed by atoms with Gasteiger partial charge in [-0.05, 0) is 32.0 Å². The van der Waals surface area contributed by atoms with Crippen LogP contribution in [0.3, 0.4) is 0 Å². The molecule has 0 amide bonds. The van der Waals surface area contributed by atoms with E-state index in [1.807, 2.05) is 32.0 Å². The Morgan fingerprint density at radius 1 is 1.31 bits per heavy atom. The molecule has 0 aliphatic rings. The predicted octanol–water partition coefficient (Wildman–Crippen LogP) is 3.36. The zero-order valence-corrected chi connectivity index (χ0v) is 10.2. The summed E-state index contributed by atoms with van der Waals surface area (Å²) >= 11 is 6.08. The summed E-state index contributed by atoms with van der Waals surface area (Å²) in [7, 11) is 1.60. The number of rotatable bonds is 2. The number of nitrogens with one attached hydrogen (secondary N) is 1. The first kappa shape index (κ1) is 11.0. The van der Waals surface area contributed by atoms with Gasteiger partial charge in [0.2, 0.25) is 0 Å². The molecule has 0 radical (unpaired) electrons. The fourth-order valence-corrected chi connectivity index (χ4v) is 1.96. The number of aromatic amines is 1. The quantitative estimate of drug-likeness (QED) is 0.868. The van der Waals surface area contributed by atoms with Gasteiger partial charge in [0.05, 0.1) is 17.8 Å². The van der Waals surface area contributed by atoms with Crippen molar-refractivity contribution in [2.24, 2.45) is 0 Å². The van der Waals surface area contributed by atoms with Crippen molar-refractivity contribution < 1.29 is 4.74 Å². The topological polar surface area (TPSA) is 37.9 Å². The van der Waals surface area contributed by atoms with Crippen LogP contribution in [0.1, 0.15) is 11.5 Å². The third-order valence-electron chi connectivity index (χ3n) is 2.43. The van der Waals surface area contributed by atoms with Gasteiger partial charge in [-0.3, -0.25) is 0 Å². The first-order chi connectivity index (χ1) is 7.61. The molecule has 0 fully saturated rings. The minimum absolute atomic E-state index is 0.597. The molecular weight excluding hydrogens is 224 g/mol. The first-order valence-corrected chi connectivity index (χ1v) is 5.36. The molecule has 1 heterocycles. The maximum absolute atomic E-state index is 6.08. The Morgan fingerprint density at radius 3 is 2.56 bits per heavy atom. The maximum Gasteiger partial charge on any atom is 0.137 e. The van der Waals surface area contributed by atoms with Gasteiger partial charge >= 0.3 is 0 Å². The lowest BCUT2D eigenvalue weighted by Crippen LogP contribution is -1.86. The molecule has 4 heteroatoms. The Kier molecular flexibility index (Phi) is 2.88. The lowest BCUT2D eigenvalue weighted by atomic mass is 10.1. The molecule has 2 rings (SSSR count). The average molecular weight is 237 g/mol. The van der Waals surface area contributed by atoms with E-state index in [2.05, 4.69) is 9.97 Å². The Labute approximate surface area is 99.4 Å². The van der Waals surface area contributed by atoms with Crippen molar-refractivity contribution in [2.45, 2.75) is 13.8 Å². The summed E-state index contributed by atoms with van der Waals surface area (Å²) in [5.41, 5.74) is 2.97. The van der Waals surface area contributed by atoms with Gasteiger partial charge in [0.15, 0.2) is 0 Å². The summed E-state index contributed by atoms with van der Waals surface area (Å²) in [6.07, 6.45) is 0. The molecule has 1 aromatic carbocycles. The number of methoxy groups -OCH3 is 1. The molecule has 1 N–H and O–H groups in total. The van der Waals surface area contributed by atoms with Crippen LogP contribution in [0.4, 0.5) is 0 Å². The standard InChI is InChI=1S/C12H13ClN2O/c1-7-12(15-8(2)14-7)9-4-5-11(16-3)10(13)6-9/h4-6H,1-3H3,(H,14,15). The van der Waals surface area contributed by atoms with E-state index in [9.17, 15) is 0 Å². The number of hydrogen-bond donors (Lipinski definition) is 1. The smallest absolute Gasteiger partial charge is 0.137 e. The second-order valence-corrected chi connectivity index (χ2v) is 4.05. The predicted molar refractivity (Wildman–Crippen MR) is 65.1 cm³/mol. The zero-order chi connectivity index (χ0) is 11.7. The van der Waals surface area contributed by atoms with Gasteiger partial charge in [-0.25, -0.2) is 4.98 Å². The van der Waals surface area contributed by atoms with Crippen molar-refractivity contribution in [1.29, 1.82) is 0 Å². The van der Waals surface area contributed by atoms with E-state index in [0.29, 0.717) is 10.8 Å². The molecule has 0 saturated heterocycles. The lowest BCUT2D eigenvalue weighted by molar-refractivity contribution is 0.415. The fraction of sp³-hybridized carbons (Fsp3) is 0.250. The maximum atomic E-state index is 6.08. The molecule has 3 nitrogen and oxygen atoms in total. The number of halogens is 1. The minimum atomic E-state index is 0.597. The third-order valence-corrected chi connectivity index (χ3v) is 2.72. The SMILES string of the molecule is COc1ccc(-c2nc(C)[nH]c2C)cc1Cl. The Hall–Kier alpha value is -1.48. The molecular formula is C12H13ClN2O. The molecule has 2 aromatic rings. The van der Waals surface area contributed by atoms with Crippen LogP contribution in [0.25, 0.3) is 11.3 Å². The Morgan fingerprint density at radius 2 is 2.06 bits per heavy atom. The van der Waals surface area contributed by atoms with Crippen LogP contribution < -0.4 is 4.74 Å². The van der Waals surface area contributed by atoms with Crippen LogP contribution >= 0.6 is 11.6 Å². The summed E-state index contributed by atoms with van der Waals surface area (Å²) < 4.78 is 5.11. The second kappa shape index (κ2) is 4.18. The van der Waals surface area contributed by atoms with Crippen LogP contribution in [0.5, 0.6) is 5.75 Å². The number of ether oxygens (including phenoxy) is 1. The largest absolute Gasteiger partial charge is 0.495 e. The van der Waals surface area contributed by atoms with Gasteiger partial charge in [-0.1, -0.05) is 11.6 Å². The number of benzene rings is 1. The zero-order valence-electron chi connectivity index (χ0n) is 9.47. The first-order valence-electron chi connectivity index (χ1n) is 4.99. The number of aromatic nitrogens is 2. The molecule has 0 unspecified atom stereocenters. The van der Waals surface area contributed by atoms with E-state index in [1.165, 1.54) is 0 Å². The number of nitrogens with zero attached hydrogens (tertiary/aromatic N) is 1. The molecule has 1 aromatic heterocycles. The number of hydrogen-bond acceptors (Lipinski definition) is 2. The van der Waals surface area contributed by atoms with Crippen molar-refractivity contribution in [3.63, 3.8) is 0 Å². The molecule has 0 aliphatic heterocycles. The molecule has 0 aliphatic carbocycles. The van der Waals surface area contributed by atoms with E-state index in [1.54, 1.807) is 7.11 Å². The summed E-state index contributed by atoms with van der Waals surface area (Å²) in [5.74, 6) is 1.58. The summed E-state index contributed by atoms with van der Waals surface area (Å²) in [6, 6.07) is 5.66. The van der Waals surface area contributed by atoms with Gasteiger partial charge in [0.25, 0.3) is 0 Å². The molecule has 84 valence electrons. The highest BCUT2D eigenvalue weighted by atomic mass is 35.5. The van der Waals surface area contributed by atoms with E-state index in [4.69, 9.17) is 16.3 Å². The minimum Gasteiger partial charge on any atom is -0.495 e. The monoisotopic (exact) mass is 236 g/mol. The van der Waals surface area contributed by atoms with Crippen LogP contribution in [0, 0.1) is 13.8 Å². The van der Waals surface area contributed by atoms with Gasteiger partial charge in [-0.2, -0.15) is 0 Å². The van der Waals surface area contributed by atoms with Crippen LogP contribution in [0.2, 0.25) is 5.02 Å². The Bertz CT molecular complexity index is 520. The van der Waals surface area contributed by atoms with Gasteiger partial charge < -0.3 is 9.72 Å². The van der Waals surface area contributed by atoms with Crippen LogP contribution in [0.15, 0.2) is 18.2 Å². The van der Waals surface area contributed by atoms with Crippen molar-refractivity contribution >= 4 is 11.6 Å². The van der Waals surface area contributed by atoms with Gasteiger partial charge in [-0.15, -0.1) is 0 Å². The van der Waals surface area contributed by atoms with Crippen LogP contribution in [-0.4, -0.2) is 17.1 Å². The van der Waals surface area contributed by atoms with E-state index < -0.39 is 0 Å². The van der Waals surface area contributed by atoms with Crippen molar-refractivity contribution in [3.05, 3.63) is 34.7 Å². The van der Waals surface area contributed by atoms with Crippen molar-refractivity contribution in [3.8, 4) is 17.0 Å². The fourth-order valence-electron chi connectivity index (χ4n) is 1.70. The summed E-state index contributed by atoms with van der Waals surface area (Å²) in [6.45, 7) is 3.93. The molecule has 0 bridgehead atoms. The Balaban J connectivity index is 2.49. The van der Waals surface area contributed by atoms with Crippen LogP contribution in [-0.2, 0) is 0 Å². The summed E-state index contributed by atoms with van der Waals surface area (Å²) in [5, 5.41) is 0.597. The van der Waals surface area contributed by atoms with Crippen molar-refractivity contribution in [2.75, 3.05) is 7.11 Å². The molecule has 0 atom stereocenters. The number of aryl methyl sites for hydroxylation is 2. The number of H-pyrrole nitrogens is 1. The van der Waals surface area contributed by atoms with Gasteiger partial charge in [0, 0.05) is 11.3 Å². The van der Waals surface area contributed by atoms with Gasteiger partial charge in [0.1, 0.15) is 11.6 Å². The molecule has 0 saturated carbocycles. The number of imidazole rings is 1. The average Bonchev–Trinajstić information content (AvgIpc) is 2.58. The normalized spacial score (nSPS) is 10.5. The highest BCUT2D eigenvalue weighted by Gasteiger charge is 2.09. The third kappa shape index (κ3) is 1.91. The summed E-state index contributed by atoms with van der Waals surface area (Å²) in [4.78, 5) is 7.59. The highest BCUT2D eigenvalue weighted by Crippen LogP contribution is 2.30.